The number of benzene rings is 1. The van der Waals surface area contributed by atoms with Crippen LogP contribution in [0.1, 0.15) is 30.0 Å². The molecule has 11 nitrogen and oxygen atoms in total. The van der Waals surface area contributed by atoms with Gasteiger partial charge in [0.15, 0.2) is 12.4 Å². The van der Waals surface area contributed by atoms with E-state index in [1.807, 2.05) is 0 Å². The molecule has 0 bridgehead atoms. The molecule has 0 aliphatic carbocycles. The number of hydrogen-bond donors (Lipinski definition) is 1. The number of esters is 1. The molecule has 0 amide bonds. The normalized spacial score (nSPS) is 12.0. The number of sulfonamides is 1. The van der Waals surface area contributed by atoms with Crippen LogP contribution in [0.3, 0.4) is 0 Å². The summed E-state index contributed by atoms with van der Waals surface area (Å²) in [6.45, 7) is 3.14. The zero-order valence-corrected chi connectivity index (χ0v) is 19.9. The number of rotatable bonds is 7. The molecule has 0 atom stereocenters. The molecule has 0 aliphatic rings. The summed E-state index contributed by atoms with van der Waals surface area (Å²) < 4.78 is 41.9. The van der Waals surface area contributed by atoms with Crippen molar-refractivity contribution in [2.75, 3.05) is 7.11 Å². The van der Waals surface area contributed by atoms with E-state index in [4.69, 9.17) is 9.47 Å². The van der Waals surface area contributed by atoms with Crippen molar-refractivity contribution in [2.24, 2.45) is 7.05 Å². The van der Waals surface area contributed by atoms with E-state index in [-0.39, 0.29) is 34.4 Å². The van der Waals surface area contributed by atoms with Crippen LogP contribution in [0.4, 0.5) is 0 Å². The highest BCUT2D eigenvalue weighted by Crippen LogP contribution is 2.26. The number of carbonyl (C=O) groups excluding carboxylic acids is 1. The molecule has 0 saturated carbocycles. The van der Waals surface area contributed by atoms with E-state index in [1.54, 1.807) is 36.7 Å². The second kappa shape index (κ2) is 8.57. The molecule has 0 saturated heterocycles. The van der Waals surface area contributed by atoms with Crippen molar-refractivity contribution in [3.63, 3.8) is 0 Å². The first kappa shape index (κ1) is 22.9. The van der Waals surface area contributed by atoms with E-state index in [1.165, 1.54) is 41.2 Å². The lowest BCUT2D eigenvalue weighted by atomic mass is 10.2. The van der Waals surface area contributed by atoms with Crippen LogP contribution >= 0.6 is 11.3 Å². The highest BCUT2D eigenvalue weighted by Gasteiger charge is 2.23. The van der Waals surface area contributed by atoms with Gasteiger partial charge in [-0.1, -0.05) is 0 Å². The van der Waals surface area contributed by atoms with Crippen LogP contribution in [-0.2, 0) is 28.4 Å². The van der Waals surface area contributed by atoms with Gasteiger partial charge in [0.2, 0.25) is 15.8 Å². The van der Waals surface area contributed by atoms with Crippen molar-refractivity contribution in [3.8, 4) is 5.75 Å². The van der Waals surface area contributed by atoms with E-state index in [9.17, 15) is 18.0 Å². The first-order valence-corrected chi connectivity index (χ1v) is 12.2. The van der Waals surface area contributed by atoms with Gasteiger partial charge in [0.1, 0.15) is 15.3 Å². The Kier molecular flexibility index (Phi) is 5.95. The lowest BCUT2D eigenvalue weighted by molar-refractivity contribution is 0.0461. The quantitative estimate of drug-likeness (QED) is 0.386. The van der Waals surface area contributed by atoms with Gasteiger partial charge < -0.3 is 9.47 Å². The van der Waals surface area contributed by atoms with Gasteiger partial charge in [-0.2, -0.15) is 0 Å². The number of methoxy groups -OCH3 is 1. The Morgan fingerprint density at radius 1 is 1.24 bits per heavy atom. The fourth-order valence-electron chi connectivity index (χ4n) is 3.35. The van der Waals surface area contributed by atoms with Crippen LogP contribution in [0, 0.1) is 0 Å². The summed E-state index contributed by atoms with van der Waals surface area (Å²) >= 11 is 1.30. The molecule has 33 heavy (non-hydrogen) atoms. The van der Waals surface area contributed by atoms with Crippen LogP contribution in [0.2, 0.25) is 0 Å². The molecular weight excluding hydrogens is 470 g/mol. The molecule has 0 fully saturated rings. The van der Waals surface area contributed by atoms with Gasteiger partial charge >= 0.3 is 5.97 Å². The van der Waals surface area contributed by atoms with Crippen molar-refractivity contribution in [1.82, 2.24) is 23.9 Å². The fourth-order valence-corrected chi connectivity index (χ4v) is 5.64. The number of carbonyl (C=O) groups is 1. The zero-order chi connectivity index (χ0) is 23.9. The van der Waals surface area contributed by atoms with Crippen LogP contribution in [0.5, 0.6) is 5.75 Å². The molecule has 1 N–H and O–H groups in total. The number of nitrogens with one attached hydrogen (secondary N) is 1. The summed E-state index contributed by atoms with van der Waals surface area (Å²) in [5.41, 5.74) is 0.457. The molecule has 3 heterocycles. The Hall–Kier alpha value is -3.29. The Bertz CT molecular complexity index is 1530. The fraction of sp³-hybridized carbons (Fsp3) is 0.300. The highest BCUT2D eigenvalue weighted by molar-refractivity contribution is 7.89. The lowest BCUT2D eigenvalue weighted by Crippen LogP contribution is -2.30. The maximum Gasteiger partial charge on any atom is 0.338 e. The Balaban J connectivity index is 1.65. The summed E-state index contributed by atoms with van der Waals surface area (Å²) in [7, 11) is -0.980. The van der Waals surface area contributed by atoms with Crippen LogP contribution < -0.4 is 15.0 Å². The molecule has 174 valence electrons. The van der Waals surface area contributed by atoms with Gasteiger partial charge in [-0.05, 0) is 43.5 Å². The number of aryl methyl sites for hydroxylation is 1. The number of hydrogen-bond acceptors (Lipinski definition) is 9. The van der Waals surface area contributed by atoms with Crippen LogP contribution in [0.15, 0.2) is 39.3 Å². The predicted octanol–water partition coefficient (Wildman–Crippen LogP) is 1.70. The molecule has 0 aliphatic heterocycles. The van der Waals surface area contributed by atoms with Crippen LogP contribution in [-0.4, -0.2) is 46.7 Å². The first-order valence-electron chi connectivity index (χ1n) is 9.81. The molecule has 4 rings (SSSR count). The predicted molar refractivity (Wildman–Crippen MR) is 121 cm³/mol. The maximum atomic E-state index is 12.7. The number of ether oxygens (including phenoxy) is 2. The Labute approximate surface area is 192 Å². The highest BCUT2D eigenvalue weighted by atomic mass is 32.2. The summed E-state index contributed by atoms with van der Waals surface area (Å²) in [5, 5.41) is 9.89. The number of thiophene rings is 1. The minimum Gasteiger partial charge on any atom is -0.495 e. The zero-order valence-electron chi connectivity index (χ0n) is 18.2. The molecule has 13 heteroatoms. The second-order valence-corrected chi connectivity index (χ2v) is 10.1. The Morgan fingerprint density at radius 3 is 2.70 bits per heavy atom. The van der Waals surface area contributed by atoms with E-state index >= 15 is 0 Å². The van der Waals surface area contributed by atoms with Gasteiger partial charge in [-0.25, -0.2) is 17.9 Å². The topological polar surface area (TPSA) is 134 Å². The molecule has 1 aromatic carbocycles. The summed E-state index contributed by atoms with van der Waals surface area (Å²) in [6, 6.07) is 5.43. The van der Waals surface area contributed by atoms with Gasteiger partial charge in [0.05, 0.1) is 18.2 Å². The number of nitrogens with zero attached hydrogens (tertiary/aromatic N) is 4. The lowest BCUT2D eigenvalue weighted by Gasteiger charge is -2.14. The SMILES string of the molecule is COc1ccc(C(=O)OCc2nnc3n(C)c(=O)c4sccc4n23)cc1S(=O)(=O)NC(C)C. The van der Waals surface area contributed by atoms with Crippen molar-refractivity contribution < 1.29 is 22.7 Å². The number of aromatic nitrogens is 4. The van der Waals surface area contributed by atoms with Gasteiger partial charge in [-0.15, -0.1) is 21.5 Å². The van der Waals surface area contributed by atoms with Crippen molar-refractivity contribution in [1.29, 1.82) is 0 Å². The molecule has 0 unspecified atom stereocenters. The van der Waals surface area contributed by atoms with Crippen molar-refractivity contribution >= 4 is 43.3 Å². The monoisotopic (exact) mass is 491 g/mol. The van der Waals surface area contributed by atoms with E-state index in [0.29, 0.717) is 21.8 Å². The molecule has 0 radical (unpaired) electrons. The van der Waals surface area contributed by atoms with Crippen molar-refractivity contribution in [3.05, 3.63) is 51.4 Å². The first-order chi connectivity index (χ1) is 15.6. The van der Waals surface area contributed by atoms with Gasteiger partial charge in [-0.3, -0.25) is 13.8 Å². The van der Waals surface area contributed by atoms with Gasteiger partial charge in [0.25, 0.3) is 5.56 Å². The maximum absolute atomic E-state index is 12.7. The third kappa shape index (κ3) is 4.10. The largest absolute Gasteiger partial charge is 0.495 e. The van der Waals surface area contributed by atoms with Crippen LogP contribution in [0.25, 0.3) is 16.0 Å². The second-order valence-electron chi connectivity index (χ2n) is 7.47. The van der Waals surface area contributed by atoms with Crippen molar-refractivity contribution in [2.45, 2.75) is 31.4 Å². The molecule has 3 aromatic heterocycles. The minimum absolute atomic E-state index is 0.0295. The smallest absolute Gasteiger partial charge is 0.338 e. The third-order valence-electron chi connectivity index (χ3n) is 4.81. The van der Waals surface area contributed by atoms with E-state index < -0.39 is 16.0 Å². The third-order valence-corrected chi connectivity index (χ3v) is 7.38. The average Bonchev–Trinajstić information content (AvgIpc) is 3.41. The molecule has 4 aromatic rings. The minimum atomic E-state index is -3.91. The van der Waals surface area contributed by atoms with E-state index in [2.05, 4.69) is 14.9 Å². The number of fused-ring (bicyclic) bond motifs is 3. The van der Waals surface area contributed by atoms with Gasteiger partial charge in [0, 0.05) is 13.1 Å². The van der Waals surface area contributed by atoms with E-state index in [0.717, 1.165) is 0 Å². The Morgan fingerprint density at radius 2 is 2.00 bits per heavy atom. The molecule has 0 spiro atoms. The molecular formula is C20H21N5O6S2. The standard InChI is InChI=1S/C20H21N5O6S2/c1-11(2)23-33(28,29)15-9-12(5-6-14(15)30-4)19(27)31-10-16-21-22-20-24(3)18(26)17-13(25(16)20)7-8-32-17/h5-9,11,23H,10H2,1-4H3. The summed E-state index contributed by atoms with van der Waals surface area (Å²) in [6.07, 6.45) is 0. The average molecular weight is 492 g/mol. The summed E-state index contributed by atoms with van der Waals surface area (Å²) in [4.78, 5) is 25.0. The summed E-state index contributed by atoms with van der Waals surface area (Å²) in [5.74, 6) is -0.0135.